The maximum atomic E-state index is 13.5. The lowest BCUT2D eigenvalue weighted by molar-refractivity contribution is 0.142. The van der Waals surface area contributed by atoms with Crippen molar-refractivity contribution < 1.29 is 9.50 Å². The first kappa shape index (κ1) is 15.0. The van der Waals surface area contributed by atoms with Crippen molar-refractivity contribution in [1.29, 1.82) is 0 Å². The van der Waals surface area contributed by atoms with Gasteiger partial charge in [-0.15, -0.1) is 0 Å². The summed E-state index contributed by atoms with van der Waals surface area (Å²) < 4.78 is 13.5. The molecule has 0 amide bonds. The molecule has 3 heteroatoms. The van der Waals surface area contributed by atoms with Gasteiger partial charge in [0.1, 0.15) is 5.82 Å². The van der Waals surface area contributed by atoms with E-state index in [9.17, 15) is 9.50 Å². The molecular weight excluding hydrogens is 275 g/mol. The third-order valence-electron chi connectivity index (χ3n) is 3.65. The van der Waals surface area contributed by atoms with Crippen molar-refractivity contribution in [3.63, 3.8) is 0 Å². The monoisotopic (exact) mass is 292 g/mol. The second-order valence-electron chi connectivity index (χ2n) is 4.99. The predicted molar refractivity (Wildman–Crippen MR) is 80.6 cm³/mol. The van der Waals surface area contributed by atoms with Crippen LogP contribution < -0.4 is 0 Å². The van der Waals surface area contributed by atoms with Crippen molar-refractivity contribution in [1.82, 2.24) is 0 Å². The van der Waals surface area contributed by atoms with E-state index < -0.39 is 6.10 Å². The Morgan fingerprint density at radius 2 is 1.85 bits per heavy atom. The first-order chi connectivity index (χ1) is 9.54. The third kappa shape index (κ3) is 3.02. The summed E-state index contributed by atoms with van der Waals surface area (Å²) in [7, 11) is 0. The molecule has 0 heterocycles. The van der Waals surface area contributed by atoms with E-state index in [0.29, 0.717) is 11.1 Å². The SMILES string of the molecule is CCC(c1ccccc1)C(O)c1cc(C)c(F)cc1Cl. The molecule has 0 aliphatic rings. The molecule has 2 unspecified atom stereocenters. The van der Waals surface area contributed by atoms with Crippen LogP contribution in [0, 0.1) is 12.7 Å². The number of aliphatic hydroxyl groups is 1. The molecule has 0 spiro atoms. The van der Waals surface area contributed by atoms with Gasteiger partial charge in [-0.05, 0) is 36.6 Å². The van der Waals surface area contributed by atoms with Crippen molar-refractivity contribution >= 4 is 11.6 Å². The Labute approximate surface area is 124 Å². The van der Waals surface area contributed by atoms with Crippen LogP contribution in [0.4, 0.5) is 4.39 Å². The molecular formula is C17H18ClFO. The Bertz CT molecular complexity index is 583. The van der Waals surface area contributed by atoms with Gasteiger partial charge in [-0.1, -0.05) is 48.9 Å². The molecule has 0 saturated carbocycles. The quantitative estimate of drug-likeness (QED) is 0.839. The lowest BCUT2D eigenvalue weighted by Gasteiger charge is -2.23. The van der Waals surface area contributed by atoms with E-state index in [-0.39, 0.29) is 16.8 Å². The first-order valence-electron chi connectivity index (χ1n) is 6.73. The fourth-order valence-corrected chi connectivity index (χ4v) is 2.73. The Morgan fingerprint density at radius 3 is 2.45 bits per heavy atom. The lowest BCUT2D eigenvalue weighted by atomic mass is 9.87. The van der Waals surface area contributed by atoms with Crippen LogP contribution in [-0.4, -0.2) is 5.11 Å². The molecule has 2 rings (SSSR count). The van der Waals surface area contributed by atoms with Crippen molar-refractivity contribution in [2.75, 3.05) is 0 Å². The van der Waals surface area contributed by atoms with Crippen LogP contribution in [0.15, 0.2) is 42.5 Å². The van der Waals surface area contributed by atoms with E-state index in [1.807, 2.05) is 37.3 Å². The summed E-state index contributed by atoms with van der Waals surface area (Å²) in [5.74, 6) is -0.405. The second-order valence-corrected chi connectivity index (χ2v) is 5.40. The van der Waals surface area contributed by atoms with Crippen LogP contribution in [-0.2, 0) is 0 Å². The van der Waals surface area contributed by atoms with Crippen molar-refractivity contribution in [2.45, 2.75) is 32.3 Å². The van der Waals surface area contributed by atoms with Crippen LogP contribution in [0.1, 0.15) is 42.1 Å². The summed E-state index contributed by atoms with van der Waals surface area (Å²) in [5, 5.41) is 10.9. The van der Waals surface area contributed by atoms with E-state index >= 15 is 0 Å². The molecule has 0 aliphatic carbocycles. The predicted octanol–water partition coefficient (Wildman–Crippen LogP) is 5.01. The number of hydrogen-bond acceptors (Lipinski definition) is 1. The van der Waals surface area contributed by atoms with Gasteiger partial charge in [0.05, 0.1) is 6.10 Å². The van der Waals surface area contributed by atoms with Gasteiger partial charge in [-0.2, -0.15) is 0 Å². The van der Waals surface area contributed by atoms with Crippen LogP contribution in [0.5, 0.6) is 0 Å². The summed E-state index contributed by atoms with van der Waals surface area (Å²) in [6, 6.07) is 12.7. The number of halogens is 2. The summed E-state index contributed by atoms with van der Waals surface area (Å²) in [4.78, 5) is 0. The van der Waals surface area contributed by atoms with Gasteiger partial charge in [0, 0.05) is 16.5 Å². The highest BCUT2D eigenvalue weighted by Gasteiger charge is 2.23. The average molecular weight is 293 g/mol. The van der Waals surface area contributed by atoms with Crippen LogP contribution in [0.3, 0.4) is 0 Å². The summed E-state index contributed by atoms with van der Waals surface area (Å²) in [6.45, 7) is 3.69. The van der Waals surface area contributed by atoms with E-state index in [2.05, 4.69) is 0 Å². The van der Waals surface area contributed by atoms with Crippen molar-refractivity contribution in [2.24, 2.45) is 0 Å². The van der Waals surface area contributed by atoms with Gasteiger partial charge >= 0.3 is 0 Å². The third-order valence-corrected chi connectivity index (χ3v) is 3.97. The molecule has 2 atom stereocenters. The van der Waals surface area contributed by atoms with E-state index in [1.165, 1.54) is 6.07 Å². The number of rotatable bonds is 4. The standard InChI is InChI=1S/C17H18ClFO/c1-3-13(12-7-5-4-6-8-12)17(20)14-9-11(2)16(19)10-15(14)18/h4-10,13,17,20H,3H2,1-2H3. The Balaban J connectivity index is 2.39. The molecule has 2 aromatic rings. The topological polar surface area (TPSA) is 20.2 Å². The van der Waals surface area contributed by atoms with Gasteiger partial charge in [0.15, 0.2) is 0 Å². The first-order valence-corrected chi connectivity index (χ1v) is 7.11. The Morgan fingerprint density at radius 1 is 1.20 bits per heavy atom. The molecule has 1 N–H and O–H groups in total. The Hall–Kier alpha value is -1.38. The minimum Gasteiger partial charge on any atom is -0.388 e. The fourth-order valence-electron chi connectivity index (χ4n) is 2.46. The molecule has 1 nitrogen and oxygen atoms in total. The van der Waals surface area contributed by atoms with Crippen molar-refractivity contribution in [3.05, 3.63) is 70.0 Å². The zero-order valence-electron chi connectivity index (χ0n) is 11.6. The fraction of sp³-hybridized carbons (Fsp3) is 0.294. The number of aryl methyl sites for hydroxylation is 1. The van der Waals surface area contributed by atoms with Crippen LogP contribution in [0.2, 0.25) is 5.02 Å². The maximum Gasteiger partial charge on any atom is 0.127 e. The maximum absolute atomic E-state index is 13.5. The van der Waals surface area contributed by atoms with E-state index in [1.54, 1.807) is 13.0 Å². The number of hydrogen-bond donors (Lipinski definition) is 1. The van der Waals surface area contributed by atoms with Crippen LogP contribution >= 0.6 is 11.6 Å². The van der Waals surface area contributed by atoms with E-state index in [0.717, 1.165) is 12.0 Å². The molecule has 2 aromatic carbocycles. The molecule has 106 valence electrons. The smallest absolute Gasteiger partial charge is 0.127 e. The summed E-state index contributed by atoms with van der Waals surface area (Å²) in [5.41, 5.74) is 2.13. The van der Waals surface area contributed by atoms with Gasteiger partial charge in [0.25, 0.3) is 0 Å². The molecule has 20 heavy (non-hydrogen) atoms. The molecule has 0 fully saturated rings. The summed E-state index contributed by atoms with van der Waals surface area (Å²) in [6.07, 6.45) is 0.0342. The second kappa shape index (κ2) is 6.38. The van der Waals surface area contributed by atoms with Crippen molar-refractivity contribution in [3.8, 4) is 0 Å². The highest BCUT2D eigenvalue weighted by Crippen LogP contribution is 2.37. The molecule has 0 aliphatic heterocycles. The zero-order valence-corrected chi connectivity index (χ0v) is 12.4. The van der Waals surface area contributed by atoms with Gasteiger partial charge in [-0.25, -0.2) is 4.39 Å². The average Bonchev–Trinajstić information content (AvgIpc) is 2.44. The summed E-state index contributed by atoms with van der Waals surface area (Å²) >= 11 is 6.08. The minimum atomic E-state index is -0.741. The number of aliphatic hydroxyl groups excluding tert-OH is 1. The highest BCUT2D eigenvalue weighted by atomic mass is 35.5. The normalized spacial score (nSPS) is 14.1. The molecule has 0 bridgehead atoms. The minimum absolute atomic E-state index is 0.0569. The molecule has 0 aromatic heterocycles. The molecule has 0 saturated heterocycles. The van der Waals surface area contributed by atoms with Gasteiger partial charge in [0.2, 0.25) is 0 Å². The zero-order chi connectivity index (χ0) is 14.7. The highest BCUT2D eigenvalue weighted by molar-refractivity contribution is 6.31. The van der Waals surface area contributed by atoms with Gasteiger partial charge < -0.3 is 5.11 Å². The van der Waals surface area contributed by atoms with Gasteiger partial charge in [-0.3, -0.25) is 0 Å². The molecule has 0 radical (unpaired) electrons. The Kier molecular flexibility index (Phi) is 4.79. The largest absolute Gasteiger partial charge is 0.388 e. The number of benzene rings is 2. The van der Waals surface area contributed by atoms with E-state index in [4.69, 9.17) is 11.6 Å². The lowest BCUT2D eigenvalue weighted by Crippen LogP contribution is -2.11. The van der Waals surface area contributed by atoms with Crippen LogP contribution in [0.25, 0.3) is 0 Å².